The van der Waals surface area contributed by atoms with Crippen molar-refractivity contribution in [1.82, 2.24) is 20.0 Å². The van der Waals surface area contributed by atoms with E-state index in [2.05, 4.69) is 58.1 Å². The van der Waals surface area contributed by atoms with E-state index < -0.39 is 0 Å². The lowest BCUT2D eigenvalue weighted by Crippen LogP contribution is -2.02. The van der Waals surface area contributed by atoms with Gasteiger partial charge in [-0.25, -0.2) is 0 Å². The normalized spacial score (nSPS) is 10.5. The summed E-state index contributed by atoms with van der Waals surface area (Å²) in [5.74, 6) is 0. The van der Waals surface area contributed by atoms with Gasteiger partial charge in [-0.15, -0.1) is 5.10 Å². The first-order chi connectivity index (χ1) is 10.2. The molecular weight excluding hydrogens is 262 g/mol. The molecular formula is C16H15N5. The van der Waals surface area contributed by atoms with Gasteiger partial charge in [0.15, 0.2) is 5.69 Å². The first kappa shape index (κ1) is 13.1. The molecule has 0 spiro atoms. The topological polar surface area (TPSA) is 70.3 Å². The minimum absolute atomic E-state index is 0.315. The number of rotatable bonds is 3. The second kappa shape index (κ2) is 5.25. The lowest BCUT2D eigenvalue weighted by molar-refractivity contribution is 0.808. The van der Waals surface area contributed by atoms with Gasteiger partial charge >= 0.3 is 0 Å². The summed E-state index contributed by atoms with van der Waals surface area (Å²) in [5.41, 5.74) is 5.52. The smallest absolute Gasteiger partial charge is 0.191 e. The van der Waals surface area contributed by atoms with Crippen LogP contribution in [-0.2, 0) is 6.54 Å². The van der Waals surface area contributed by atoms with Crippen LogP contribution in [0, 0.1) is 25.2 Å². The van der Waals surface area contributed by atoms with Crippen LogP contribution in [0.3, 0.4) is 0 Å². The Balaban J connectivity index is 1.98. The van der Waals surface area contributed by atoms with E-state index in [1.807, 2.05) is 18.3 Å². The van der Waals surface area contributed by atoms with Crippen molar-refractivity contribution in [3.8, 4) is 17.5 Å². The highest BCUT2D eigenvalue weighted by molar-refractivity contribution is 5.61. The molecule has 0 atom stereocenters. The molecule has 104 valence electrons. The summed E-state index contributed by atoms with van der Waals surface area (Å²) in [4.78, 5) is 0. The molecule has 0 amide bonds. The molecule has 0 aliphatic heterocycles. The Morgan fingerprint density at radius 2 is 1.95 bits per heavy atom. The quantitative estimate of drug-likeness (QED) is 0.800. The fourth-order valence-corrected chi connectivity index (χ4v) is 2.61. The van der Waals surface area contributed by atoms with Gasteiger partial charge in [-0.1, -0.05) is 29.3 Å². The highest BCUT2D eigenvalue weighted by Gasteiger charge is 2.13. The van der Waals surface area contributed by atoms with E-state index in [9.17, 15) is 0 Å². The van der Waals surface area contributed by atoms with Crippen molar-refractivity contribution < 1.29 is 0 Å². The molecule has 2 aromatic heterocycles. The van der Waals surface area contributed by atoms with Crippen LogP contribution in [-0.4, -0.2) is 20.0 Å². The van der Waals surface area contributed by atoms with Crippen LogP contribution in [0.1, 0.15) is 22.4 Å². The van der Waals surface area contributed by atoms with Gasteiger partial charge in [0.25, 0.3) is 0 Å². The molecule has 1 aromatic carbocycles. The van der Waals surface area contributed by atoms with E-state index in [4.69, 9.17) is 5.26 Å². The number of nitrogens with zero attached hydrogens (tertiary/aromatic N) is 4. The fourth-order valence-electron chi connectivity index (χ4n) is 2.61. The van der Waals surface area contributed by atoms with Crippen molar-refractivity contribution in [3.63, 3.8) is 0 Å². The van der Waals surface area contributed by atoms with Crippen LogP contribution in [0.4, 0.5) is 0 Å². The third kappa shape index (κ3) is 2.56. The van der Waals surface area contributed by atoms with E-state index in [0.717, 1.165) is 12.2 Å². The molecule has 3 aromatic rings. The zero-order chi connectivity index (χ0) is 14.8. The highest BCUT2D eigenvalue weighted by Crippen LogP contribution is 2.21. The zero-order valence-corrected chi connectivity index (χ0v) is 12.0. The Kier molecular flexibility index (Phi) is 3.28. The predicted octanol–water partition coefficient (Wildman–Crippen LogP) is 2.81. The van der Waals surface area contributed by atoms with E-state index in [-0.39, 0.29) is 0 Å². The number of nitriles is 1. The van der Waals surface area contributed by atoms with Gasteiger partial charge in [0, 0.05) is 12.7 Å². The summed E-state index contributed by atoms with van der Waals surface area (Å²) in [7, 11) is 0. The number of aromatic amines is 1. The molecule has 2 heterocycles. The Morgan fingerprint density at radius 3 is 2.67 bits per heavy atom. The van der Waals surface area contributed by atoms with Gasteiger partial charge in [-0.2, -0.15) is 15.6 Å². The average molecular weight is 277 g/mol. The number of hydrogen-bond acceptors (Lipinski definition) is 3. The van der Waals surface area contributed by atoms with Crippen molar-refractivity contribution in [1.29, 1.82) is 5.26 Å². The van der Waals surface area contributed by atoms with E-state index in [1.54, 1.807) is 0 Å². The van der Waals surface area contributed by atoms with Crippen LogP contribution in [0.2, 0.25) is 0 Å². The molecule has 0 saturated heterocycles. The van der Waals surface area contributed by atoms with Crippen LogP contribution in [0.5, 0.6) is 0 Å². The lowest BCUT2D eigenvalue weighted by atomic mass is 10.1. The van der Waals surface area contributed by atoms with Crippen LogP contribution < -0.4 is 0 Å². The highest BCUT2D eigenvalue weighted by atomic mass is 15.3. The Labute approximate surface area is 122 Å². The summed E-state index contributed by atoms with van der Waals surface area (Å²) in [6.45, 7) is 4.93. The zero-order valence-electron chi connectivity index (χ0n) is 12.0. The molecule has 0 unspecified atom stereocenters. The van der Waals surface area contributed by atoms with Gasteiger partial charge < -0.3 is 4.57 Å². The molecule has 3 rings (SSSR count). The van der Waals surface area contributed by atoms with Crippen LogP contribution in [0.25, 0.3) is 11.4 Å². The number of nitrogens with one attached hydrogen (secondary N) is 1. The van der Waals surface area contributed by atoms with Gasteiger partial charge in [0.1, 0.15) is 11.8 Å². The van der Waals surface area contributed by atoms with Gasteiger partial charge in [0.2, 0.25) is 0 Å². The number of benzene rings is 1. The first-order valence-corrected chi connectivity index (χ1v) is 6.71. The number of aromatic nitrogens is 4. The number of H-pyrrole nitrogens is 1. The SMILES string of the molecule is Cc1cc(C)cc(Cn2cccc2-c2n[nH]nc2C#N)c1. The maximum absolute atomic E-state index is 9.08. The minimum atomic E-state index is 0.315. The molecule has 5 heteroatoms. The molecule has 21 heavy (non-hydrogen) atoms. The van der Waals surface area contributed by atoms with E-state index in [1.165, 1.54) is 16.7 Å². The minimum Gasteiger partial charge on any atom is -0.342 e. The third-order valence-corrected chi connectivity index (χ3v) is 3.36. The van der Waals surface area contributed by atoms with Crippen molar-refractivity contribution in [3.05, 3.63) is 58.9 Å². The van der Waals surface area contributed by atoms with Crippen molar-refractivity contribution in [2.45, 2.75) is 20.4 Å². The maximum Gasteiger partial charge on any atom is 0.191 e. The molecule has 0 bridgehead atoms. The second-order valence-corrected chi connectivity index (χ2v) is 5.15. The Hall–Kier alpha value is -2.87. The number of hydrogen-bond donors (Lipinski definition) is 1. The first-order valence-electron chi connectivity index (χ1n) is 6.71. The molecule has 5 nitrogen and oxygen atoms in total. The summed E-state index contributed by atoms with van der Waals surface area (Å²) >= 11 is 0. The van der Waals surface area contributed by atoms with Crippen LogP contribution >= 0.6 is 0 Å². The van der Waals surface area contributed by atoms with E-state index >= 15 is 0 Å². The van der Waals surface area contributed by atoms with Crippen molar-refractivity contribution in [2.75, 3.05) is 0 Å². The predicted molar refractivity (Wildman–Crippen MR) is 79.5 cm³/mol. The summed E-state index contributed by atoms with van der Waals surface area (Å²) in [6.07, 6.45) is 1.99. The molecule has 0 aliphatic carbocycles. The van der Waals surface area contributed by atoms with Gasteiger partial charge in [-0.05, 0) is 31.5 Å². The standard InChI is InChI=1S/C16H15N5/c1-11-6-12(2)8-13(7-11)10-21-5-3-4-15(21)16-14(9-17)18-20-19-16/h3-8H,10H2,1-2H3,(H,18,19,20). The molecule has 1 N–H and O–H groups in total. The van der Waals surface area contributed by atoms with Crippen LogP contribution in [0.15, 0.2) is 36.5 Å². The van der Waals surface area contributed by atoms with Crippen molar-refractivity contribution >= 4 is 0 Å². The third-order valence-electron chi connectivity index (χ3n) is 3.36. The average Bonchev–Trinajstić information content (AvgIpc) is 3.04. The number of aryl methyl sites for hydroxylation is 2. The van der Waals surface area contributed by atoms with E-state index in [0.29, 0.717) is 11.4 Å². The fraction of sp³-hybridized carbons (Fsp3) is 0.188. The second-order valence-electron chi connectivity index (χ2n) is 5.15. The largest absolute Gasteiger partial charge is 0.342 e. The molecule has 0 saturated carbocycles. The monoisotopic (exact) mass is 277 g/mol. The van der Waals surface area contributed by atoms with Crippen molar-refractivity contribution in [2.24, 2.45) is 0 Å². The molecule has 0 fully saturated rings. The Bertz CT molecular complexity index is 799. The summed E-state index contributed by atoms with van der Waals surface area (Å²) in [5, 5.41) is 19.5. The summed E-state index contributed by atoms with van der Waals surface area (Å²) in [6, 6.07) is 12.5. The summed E-state index contributed by atoms with van der Waals surface area (Å²) < 4.78 is 2.08. The van der Waals surface area contributed by atoms with Gasteiger partial charge in [-0.3, -0.25) is 0 Å². The molecule has 0 radical (unpaired) electrons. The van der Waals surface area contributed by atoms with Gasteiger partial charge in [0.05, 0.1) is 5.69 Å². The maximum atomic E-state index is 9.08. The lowest BCUT2D eigenvalue weighted by Gasteiger charge is -2.09. The Morgan fingerprint density at radius 1 is 1.19 bits per heavy atom. The molecule has 0 aliphatic rings.